The summed E-state index contributed by atoms with van der Waals surface area (Å²) in [4.78, 5) is 30.5. The monoisotopic (exact) mass is 358 g/mol. The molecule has 0 spiro atoms. The van der Waals surface area contributed by atoms with Gasteiger partial charge in [-0.1, -0.05) is 18.6 Å². The summed E-state index contributed by atoms with van der Waals surface area (Å²) >= 11 is 1.64. The van der Waals surface area contributed by atoms with Crippen molar-refractivity contribution in [3.8, 4) is 0 Å². The van der Waals surface area contributed by atoms with Crippen LogP contribution in [0.1, 0.15) is 37.2 Å². The van der Waals surface area contributed by atoms with Gasteiger partial charge < -0.3 is 10.6 Å². The number of carbonyl (C=O) groups excluding carboxylic acids is 2. The van der Waals surface area contributed by atoms with Gasteiger partial charge in [-0.3, -0.25) is 14.5 Å². The summed E-state index contributed by atoms with van der Waals surface area (Å²) in [5, 5.41) is 8.71. The quantitative estimate of drug-likeness (QED) is 0.860. The molecule has 2 N–H and O–H groups in total. The van der Waals surface area contributed by atoms with Crippen molar-refractivity contribution >= 4 is 34.5 Å². The van der Waals surface area contributed by atoms with Crippen LogP contribution in [0.5, 0.6) is 0 Å². The van der Waals surface area contributed by atoms with Crippen LogP contribution in [-0.4, -0.2) is 34.8 Å². The summed E-state index contributed by atoms with van der Waals surface area (Å²) in [6, 6.07) is 7.43. The Morgan fingerprint density at radius 2 is 2.00 bits per heavy atom. The molecule has 7 heteroatoms. The first kappa shape index (κ1) is 17.6. The second-order valence-electron chi connectivity index (χ2n) is 6.13. The topological polar surface area (TPSA) is 74.3 Å². The van der Waals surface area contributed by atoms with E-state index in [9.17, 15) is 9.59 Å². The van der Waals surface area contributed by atoms with Gasteiger partial charge in [-0.25, -0.2) is 4.98 Å². The Kier molecular flexibility index (Phi) is 5.78. The van der Waals surface area contributed by atoms with Crippen LogP contribution in [0.4, 0.5) is 11.4 Å². The van der Waals surface area contributed by atoms with Crippen molar-refractivity contribution in [2.45, 2.75) is 32.2 Å². The van der Waals surface area contributed by atoms with E-state index in [1.165, 1.54) is 6.92 Å². The molecule has 0 saturated carbocycles. The van der Waals surface area contributed by atoms with Gasteiger partial charge in [0, 0.05) is 18.5 Å². The van der Waals surface area contributed by atoms with E-state index < -0.39 is 0 Å². The lowest BCUT2D eigenvalue weighted by Gasteiger charge is -2.33. The molecule has 3 rings (SSSR count). The number of anilines is 2. The molecule has 0 bridgehead atoms. The maximum atomic E-state index is 12.6. The second kappa shape index (κ2) is 8.22. The number of rotatable bonds is 5. The molecule has 1 atom stereocenters. The van der Waals surface area contributed by atoms with Crippen molar-refractivity contribution in [2.75, 3.05) is 23.7 Å². The van der Waals surface area contributed by atoms with Gasteiger partial charge in [-0.05, 0) is 31.5 Å². The van der Waals surface area contributed by atoms with E-state index in [0.29, 0.717) is 17.9 Å². The third-order valence-corrected chi connectivity index (χ3v) is 5.09. The molecule has 2 heterocycles. The van der Waals surface area contributed by atoms with E-state index in [0.717, 1.165) is 30.8 Å². The number of piperidine rings is 1. The minimum absolute atomic E-state index is 0.0822. The van der Waals surface area contributed by atoms with Gasteiger partial charge in [-0.15, -0.1) is 11.3 Å². The summed E-state index contributed by atoms with van der Waals surface area (Å²) in [5.41, 5.74) is 1.23. The van der Waals surface area contributed by atoms with E-state index in [4.69, 9.17) is 0 Å². The molecule has 132 valence electrons. The number of nitrogens with one attached hydrogen (secondary N) is 2. The minimum Gasteiger partial charge on any atom is -0.325 e. The number of likely N-dealkylation sites (tertiary alicyclic amines) is 1. The lowest BCUT2D eigenvalue weighted by Crippen LogP contribution is -2.39. The zero-order chi connectivity index (χ0) is 17.6. The van der Waals surface area contributed by atoms with Crippen LogP contribution in [0.15, 0.2) is 35.8 Å². The van der Waals surface area contributed by atoms with E-state index >= 15 is 0 Å². The van der Waals surface area contributed by atoms with Crippen LogP contribution in [0.3, 0.4) is 0 Å². The highest BCUT2D eigenvalue weighted by atomic mass is 32.1. The fourth-order valence-electron chi connectivity index (χ4n) is 3.12. The largest absolute Gasteiger partial charge is 0.325 e. The first-order valence-corrected chi connectivity index (χ1v) is 9.31. The molecule has 25 heavy (non-hydrogen) atoms. The van der Waals surface area contributed by atoms with Crippen molar-refractivity contribution in [3.05, 3.63) is 40.8 Å². The molecular weight excluding hydrogens is 336 g/mol. The maximum Gasteiger partial charge on any atom is 0.238 e. The summed E-state index contributed by atoms with van der Waals surface area (Å²) in [5.74, 6) is -0.247. The first-order valence-electron chi connectivity index (χ1n) is 8.43. The Labute approximate surface area is 151 Å². The highest BCUT2D eigenvalue weighted by Crippen LogP contribution is 2.31. The molecule has 1 aromatic carbocycles. The second-order valence-corrected chi connectivity index (χ2v) is 7.05. The lowest BCUT2D eigenvalue weighted by atomic mass is 10.0. The fraction of sp³-hybridized carbons (Fsp3) is 0.389. The van der Waals surface area contributed by atoms with Crippen LogP contribution >= 0.6 is 11.3 Å². The highest BCUT2D eigenvalue weighted by molar-refractivity contribution is 7.09. The molecule has 1 aromatic heterocycles. The smallest absolute Gasteiger partial charge is 0.238 e. The van der Waals surface area contributed by atoms with Crippen molar-refractivity contribution in [1.82, 2.24) is 9.88 Å². The third-order valence-electron chi connectivity index (χ3n) is 4.21. The van der Waals surface area contributed by atoms with Crippen molar-refractivity contribution in [2.24, 2.45) is 0 Å². The zero-order valence-electron chi connectivity index (χ0n) is 14.2. The van der Waals surface area contributed by atoms with Gasteiger partial charge in [0.25, 0.3) is 0 Å². The minimum atomic E-state index is -0.165. The van der Waals surface area contributed by atoms with E-state index in [1.807, 2.05) is 23.7 Å². The number of para-hydroxylation sites is 2. The predicted octanol–water partition coefficient (Wildman–Crippen LogP) is 3.27. The molecule has 0 unspecified atom stereocenters. The Balaban J connectivity index is 1.66. The molecule has 0 radical (unpaired) electrons. The molecule has 1 saturated heterocycles. The number of carbonyl (C=O) groups is 2. The van der Waals surface area contributed by atoms with Gasteiger partial charge in [0.1, 0.15) is 5.01 Å². The van der Waals surface area contributed by atoms with Crippen molar-refractivity contribution in [3.63, 3.8) is 0 Å². The van der Waals surface area contributed by atoms with Gasteiger partial charge in [0.2, 0.25) is 11.8 Å². The van der Waals surface area contributed by atoms with Crippen LogP contribution in [0, 0.1) is 0 Å². The van der Waals surface area contributed by atoms with Crippen molar-refractivity contribution in [1.29, 1.82) is 0 Å². The standard InChI is InChI=1S/C18H22N4O2S/c1-13(23)20-14-6-2-3-7-15(14)21-17(24)12-22-10-5-4-8-16(22)18-19-9-11-25-18/h2-3,6-7,9,11,16H,4-5,8,10,12H2,1H3,(H,20,23)(H,21,24)/t16-/m0/s1. The van der Waals surface area contributed by atoms with Crippen LogP contribution in [-0.2, 0) is 9.59 Å². The number of amides is 2. The summed E-state index contributed by atoms with van der Waals surface area (Å²) in [7, 11) is 0. The van der Waals surface area contributed by atoms with Gasteiger partial charge in [0.15, 0.2) is 0 Å². The van der Waals surface area contributed by atoms with E-state index in [1.54, 1.807) is 23.5 Å². The van der Waals surface area contributed by atoms with Crippen LogP contribution in [0.25, 0.3) is 0 Å². The summed E-state index contributed by atoms with van der Waals surface area (Å²) in [6.45, 7) is 2.66. The Bertz CT molecular complexity index is 732. The number of aromatic nitrogens is 1. The highest BCUT2D eigenvalue weighted by Gasteiger charge is 2.27. The molecular formula is C18H22N4O2S. The molecule has 2 amide bonds. The lowest BCUT2D eigenvalue weighted by molar-refractivity contribution is -0.118. The van der Waals surface area contributed by atoms with E-state index in [2.05, 4.69) is 20.5 Å². The summed E-state index contributed by atoms with van der Waals surface area (Å²) < 4.78 is 0. The summed E-state index contributed by atoms with van der Waals surface area (Å²) in [6.07, 6.45) is 5.10. The first-order chi connectivity index (χ1) is 12.1. The number of thiazole rings is 1. The predicted molar refractivity (Wildman–Crippen MR) is 99.7 cm³/mol. The molecule has 1 aliphatic rings. The third kappa shape index (κ3) is 4.64. The van der Waals surface area contributed by atoms with Crippen LogP contribution in [0.2, 0.25) is 0 Å². The Morgan fingerprint density at radius 1 is 1.24 bits per heavy atom. The number of hydrogen-bond acceptors (Lipinski definition) is 5. The molecule has 0 aliphatic carbocycles. The molecule has 6 nitrogen and oxygen atoms in total. The zero-order valence-corrected chi connectivity index (χ0v) is 15.0. The molecule has 1 fully saturated rings. The average molecular weight is 358 g/mol. The molecule has 2 aromatic rings. The fourth-order valence-corrected chi connectivity index (χ4v) is 3.93. The van der Waals surface area contributed by atoms with Gasteiger partial charge in [0.05, 0.1) is 24.0 Å². The Morgan fingerprint density at radius 3 is 2.68 bits per heavy atom. The average Bonchev–Trinajstić information content (AvgIpc) is 3.11. The van der Waals surface area contributed by atoms with Gasteiger partial charge in [-0.2, -0.15) is 0 Å². The SMILES string of the molecule is CC(=O)Nc1ccccc1NC(=O)CN1CCCC[C@H]1c1nccs1. The van der Waals surface area contributed by atoms with Crippen molar-refractivity contribution < 1.29 is 9.59 Å². The number of hydrogen-bond donors (Lipinski definition) is 2. The number of nitrogens with zero attached hydrogens (tertiary/aromatic N) is 2. The molecule has 1 aliphatic heterocycles. The Hall–Kier alpha value is -2.25. The number of benzene rings is 1. The van der Waals surface area contributed by atoms with Gasteiger partial charge >= 0.3 is 0 Å². The maximum absolute atomic E-state index is 12.6. The van der Waals surface area contributed by atoms with Crippen LogP contribution < -0.4 is 10.6 Å². The normalized spacial score (nSPS) is 17.9. The van der Waals surface area contributed by atoms with E-state index in [-0.39, 0.29) is 17.9 Å².